The molecule has 1 atom stereocenters. The largest absolute Gasteiger partial charge is 0.409 e. The topological polar surface area (TPSA) is 131 Å². The fraction of sp³-hybridized carbons (Fsp3) is 0.833. The van der Waals surface area contributed by atoms with Crippen molar-refractivity contribution in [2.75, 3.05) is 24.7 Å². The van der Waals surface area contributed by atoms with E-state index in [1.807, 2.05) is 0 Å². The first kappa shape index (κ1) is 16.0. The third-order valence-corrected chi connectivity index (χ3v) is 6.20. The molecule has 2 fully saturated rings. The minimum atomic E-state index is -3.13. The first-order valence-corrected chi connectivity index (χ1v) is 8.64. The van der Waals surface area contributed by atoms with E-state index in [1.54, 1.807) is 6.92 Å². The summed E-state index contributed by atoms with van der Waals surface area (Å²) < 4.78 is 28.5. The molecule has 2 rings (SSSR count). The fourth-order valence-electron chi connectivity index (χ4n) is 2.92. The highest BCUT2D eigenvalue weighted by atomic mass is 32.2. The standard InChI is InChI=1S/C12H21N3O5S/c1-11(4-7-21(18,19)8-11)14-10(16)12(9(13)15-17)2-5-20-6-3-12/h17H,2-8H2,1H3,(H2,13,15)(H,14,16). The lowest BCUT2D eigenvalue weighted by Gasteiger charge is -2.37. The summed E-state index contributed by atoms with van der Waals surface area (Å²) in [5.41, 5.74) is 3.77. The summed E-state index contributed by atoms with van der Waals surface area (Å²) in [4.78, 5) is 12.7. The molecule has 0 radical (unpaired) electrons. The van der Waals surface area contributed by atoms with Gasteiger partial charge in [0, 0.05) is 13.2 Å². The van der Waals surface area contributed by atoms with Gasteiger partial charge in [-0.2, -0.15) is 0 Å². The second-order valence-electron chi connectivity index (χ2n) is 6.04. The van der Waals surface area contributed by atoms with Crippen LogP contribution < -0.4 is 11.1 Å². The van der Waals surface area contributed by atoms with Crippen LogP contribution in [-0.2, 0) is 19.4 Å². The second-order valence-corrected chi connectivity index (χ2v) is 8.22. The van der Waals surface area contributed by atoms with E-state index < -0.39 is 26.7 Å². The van der Waals surface area contributed by atoms with Crippen LogP contribution in [0.25, 0.3) is 0 Å². The molecule has 0 aromatic rings. The molecule has 1 unspecified atom stereocenters. The quantitative estimate of drug-likeness (QED) is 0.271. The fourth-order valence-corrected chi connectivity index (χ4v) is 5.01. The molecule has 2 saturated heterocycles. The highest BCUT2D eigenvalue weighted by molar-refractivity contribution is 7.91. The Hall–Kier alpha value is -1.35. The van der Waals surface area contributed by atoms with E-state index in [1.165, 1.54) is 0 Å². The number of nitrogens with zero attached hydrogens (tertiary/aromatic N) is 1. The van der Waals surface area contributed by atoms with Crippen molar-refractivity contribution in [2.24, 2.45) is 16.3 Å². The number of rotatable bonds is 3. The Balaban J connectivity index is 2.20. The van der Waals surface area contributed by atoms with Crippen LogP contribution in [0.1, 0.15) is 26.2 Å². The molecule has 2 aliphatic rings. The number of amidine groups is 1. The molecule has 2 heterocycles. The van der Waals surface area contributed by atoms with Gasteiger partial charge in [-0.05, 0) is 26.2 Å². The summed E-state index contributed by atoms with van der Waals surface area (Å²) in [6, 6.07) is 0. The zero-order chi connectivity index (χ0) is 15.7. The van der Waals surface area contributed by atoms with Gasteiger partial charge < -0.3 is 21.0 Å². The van der Waals surface area contributed by atoms with Gasteiger partial charge in [-0.25, -0.2) is 8.42 Å². The van der Waals surface area contributed by atoms with E-state index in [0.717, 1.165) is 0 Å². The lowest BCUT2D eigenvalue weighted by atomic mass is 9.77. The molecule has 2 aliphatic heterocycles. The second kappa shape index (κ2) is 5.45. The van der Waals surface area contributed by atoms with Crippen molar-refractivity contribution in [1.29, 1.82) is 0 Å². The van der Waals surface area contributed by atoms with Crippen molar-refractivity contribution < 1.29 is 23.2 Å². The molecule has 0 aromatic heterocycles. The molecular formula is C12H21N3O5S. The van der Waals surface area contributed by atoms with Crippen molar-refractivity contribution >= 4 is 21.6 Å². The van der Waals surface area contributed by atoms with Crippen LogP contribution in [0.15, 0.2) is 5.16 Å². The van der Waals surface area contributed by atoms with Crippen molar-refractivity contribution in [2.45, 2.75) is 31.7 Å². The molecule has 9 heteroatoms. The number of amides is 1. The van der Waals surface area contributed by atoms with Crippen molar-refractivity contribution in [3.8, 4) is 0 Å². The Bertz CT molecular complexity index is 553. The Morgan fingerprint density at radius 1 is 1.33 bits per heavy atom. The first-order chi connectivity index (χ1) is 9.73. The lowest BCUT2D eigenvalue weighted by molar-refractivity contribution is -0.133. The molecule has 1 amide bonds. The van der Waals surface area contributed by atoms with Crippen LogP contribution in [0.5, 0.6) is 0 Å². The number of carbonyl (C=O) groups excluding carboxylic acids is 1. The van der Waals surface area contributed by atoms with Gasteiger partial charge in [0.25, 0.3) is 0 Å². The number of sulfone groups is 1. The lowest BCUT2D eigenvalue weighted by Crippen LogP contribution is -2.58. The van der Waals surface area contributed by atoms with E-state index in [0.29, 0.717) is 32.5 Å². The van der Waals surface area contributed by atoms with Crippen LogP contribution in [-0.4, -0.2) is 55.6 Å². The van der Waals surface area contributed by atoms with Crippen LogP contribution >= 0.6 is 0 Å². The minimum Gasteiger partial charge on any atom is -0.409 e. The van der Waals surface area contributed by atoms with Gasteiger partial charge in [0.15, 0.2) is 15.7 Å². The van der Waals surface area contributed by atoms with Gasteiger partial charge in [0.2, 0.25) is 5.91 Å². The van der Waals surface area contributed by atoms with Crippen molar-refractivity contribution in [1.82, 2.24) is 5.32 Å². The molecule has 21 heavy (non-hydrogen) atoms. The summed E-state index contributed by atoms with van der Waals surface area (Å²) in [5.74, 6) is -0.591. The van der Waals surface area contributed by atoms with Gasteiger partial charge in [0.1, 0.15) is 5.41 Å². The molecule has 120 valence electrons. The average molecular weight is 319 g/mol. The Kier molecular flexibility index (Phi) is 4.16. The summed E-state index contributed by atoms with van der Waals surface area (Å²) in [5, 5.41) is 14.7. The van der Waals surface area contributed by atoms with Gasteiger partial charge in [0.05, 0.1) is 17.0 Å². The van der Waals surface area contributed by atoms with E-state index in [9.17, 15) is 13.2 Å². The predicted molar refractivity (Wildman–Crippen MR) is 75.7 cm³/mol. The third-order valence-electron chi connectivity index (χ3n) is 4.30. The SMILES string of the molecule is CC1(NC(=O)C2(C(N)=NO)CCOCC2)CCS(=O)(=O)C1. The predicted octanol–water partition coefficient (Wildman–Crippen LogP) is -0.777. The maximum Gasteiger partial charge on any atom is 0.234 e. The van der Waals surface area contributed by atoms with E-state index in [2.05, 4.69) is 10.5 Å². The summed E-state index contributed by atoms with van der Waals surface area (Å²) in [6.45, 7) is 2.37. The van der Waals surface area contributed by atoms with Gasteiger partial charge in [-0.3, -0.25) is 4.79 Å². The summed E-state index contributed by atoms with van der Waals surface area (Å²) in [7, 11) is -3.13. The Morgan fingerprint density at radius 2 is 1.95 bits per heavy atom. The minimum absolute atomic E-state index is 0.0590. The first-order valence-electron chi connectivity index (χ1n) is 6.82. The third kappa shape index (κ3) is 3.13. The number of oxime groups is 1. The summed E-state index contributed by atoms with van der Waals surface area (Å²) >= 11 is 0. The number of nitrogens with two attached hydrogens (primary N) is 1. The number of carbonyl (C=O) groups is 1. The molecule has 0 spiro atoms. The molecular weight excluding hydrogens is 298 g/mol. The monoisotopic (exact) mass is 319 g/mol. The van der Waals surface area contributed by atoms with E-state index in [4.69, 9.17) is 15.7 Å². The van der Waals surface area contributed by atoms with Gasteiger partial charge in [-0.15, -0.1) is 0 Å². The number of ether oxygens (including phenoxy) is 1. The maximum atomic E-state index is 12.7. The van der Waals surface area contributed by atoms with Crippen LogP contribution in [0, 0.1) is 5.41 Å². The molecule has 4 N–H and O–H groups in total. The van der Waals surface area contributed by atoms with Crippen LogP contribution in [0.2, 0.25) is 0 Å². The Labute approximate surface area is 123 Å². The number of hydrogen-bond donors (Lipinski definition) is 3. The smallest absolute Gasteiger partial charge is 0.234 e. The highest BCUT2D eigenvalue weighted by Crippen LogP contribution is 2.33. The van der Waals surface area contributed by atoms with E-state index in [-0.39, 0.29) is 17.3 Å². The normalized spacial score (nSPS) is 31.8. The molecule has 8 nitrogen and oxygen atoms in total. The van der Waals surface area contributed by atoms with Gasteiger partial charge >= 0.3 is 0 Å². The average Bonchev–Trinajstić information content (AvgIpc) is 2.72. The van der Waals surface area contributed by atoms with E-state index >= 15 is 0 Å². The maximum absolute atomic E-state index is 12.7. The van der Waals surface area contributed by atoms with Crippen molar-refractivity contribution in [3.63, 3.8) is 0 Å². The van der Waals surface area contributed by atoms with Crippen LogP contribution in [0.3, 0.4) is 0 Å². The summed E-state index contributed by atoms with van der Waals surface area (Å²) in [6.07, 6.45) is 0.971. The molecule has 0 aromatic carbocycles. The molecule has 0 saturated carbocycles. The van der Waals surface area contributed by atoms with Crippen LogP contribution in [0.4, 0.5) is 0 Å². The zero-order valence-corrected chi connectivity index (χ0v) is 12.8. The van der Waals surface area contributed by atoms with Crippen molar-refractivity contribution in [3.05, 3.63) is 0 Å². The zero-order valence-electron chi connectivity index (χ0n) is 12.0. The Morgan fingerprint density at radius 3 is 2.43 bits per heavy atom. The highest BCUT2D eigenvalue weighted by Gasteiger charge is 2.48. The molecule has 0 aliphatic carbocycles. The number of hydrogen-bond acceptors (Lipinski definition) is 6. The number of nitrogens with one attached hydrogen (secondary N) is 1. The van der Waals surface area contributed by atoms with Gasteiger partial charge in [-0.1, -0.05) is 5.16 Å². The molecule has 0 bridgehead atoms.